The Morgan fingerprint density at radius 1 is 0.902 bits per heavy atom. The van der Waals surface area contributed by atoms with Crippen LogP contribution >= 0.6 is 34.8 Å². The van der Waals surface area contributed by atoms with Gasteiger partial charge in [-0.05, 0) is 82.1 Å². The first-order valence-corrected chi connectivity index (χ1v) is 15.6. The number of benzene rings is 3. The number of hydrogen-bond donors (Lipinski definition) is 1. The highest BCUT2D eigenvalue weighted by atomic mass is 35.5. The molecule has 0 saturated carbocycles. The molecule has 0 radical (unpaired) electrons. The molecule has 0 aliphatic carbocycles. The minimum atomic E-state index is -4.22. The third kappa shape index (κ3) is 8.61. The lowest BCUT2D eigenvalue weighted by molar-refractivity contribution is -0.141. The molecule has 0 bridgehead atoms. The van der Waals surface area contributed by atoms with Crippen LogP contribution in [0.3, 0.4) is 0 Å². The molecule has 0 saturated heterocycles. The van der Waals surface area contributed by atoms with Gasteiger partial charge >= 0.3 is 0 Å². The zero-order chi connectivity index (χ0) is 30.5. The summed E-state index contributed by atoms with van der Waals surface area (Å²) in [6, 6.07) is 16.7. The molecule has 7 nitrogen and oxygen atoms in total. The Kier molecular flexibility index (Phi) is 10.7. The van der Waals surface area contributed by atoms with Gasteiger partial charge in [0, 0.05) is 17.1 Å². The Bertz CT molecular complexity index is 1490. The molecule has 1 atom stereocenters. The molecule has 3 aromatic carbocycles. The second-order valence-corrected chi connectivity index (χ2v) is 13.8. The van der Waals surface area contributed by atoms with Gasteiger partial charge in [0.15, 0.2) is 0 Å². The zero-order valence-electron chi connectivity index (χ0n) is 23.6. The highest BCUT2D eigenvalue weighted by molar-refractivity contribution is 7.92. The average Bonchev–Trinajstić information content (AvgIpc) is 2.89. The molecular formula is C30H34Cl3N3O4S. The van der Waals surface area contributed by atoms with Crippen molar-refractivity contribution >= 4 is 62.3 Å². The summed E-state index contributed by atoms with van der Waals surface area (Å²) >= 11 is 18.4. The first kappa shape index (κ1) is 32.7. The maximum atomic E-state index is 14.1. The summed E-state index contributed by atoms with van der Waals surface area (Å²) in [5.74, 6) is -0.914. The van der Waals surface area contributed by atoms with Crippen LogP contribution in [0.5, 0.6) is 0 Å². The molecule has 0 heterocycles. The van der Waals surface area contributed by atoms with Gasteiger partial charge in [-0.2, -0.15) is 0 Å². The summed E-state index contributed by atoms with van der Waals surface area (Å²) in [6.07, 6.45) is 0.304. The van der Waals surface area contributed by atoms with Gasteiger partial charge in [0.1, 0.15) is 12.6 Å². The molecule has 41 heavy (non-hydrogen) atoms. The highest BCUT2D eigenvalue weighted by Gasteiger charge is 2.34. The fourth-order valence-electron chi connectivity index (χ4n) is 4.17. The Morgan fingerprint density at radius 3 is 2.05 bits per heavy atom. The molecule has 2 amide bonds. The maximum Gasteiger partial charge on any atom is 0.264 e. The molecule has 0 aliphatic heterocycles. The third-order valence-electron chi connectivity index (χ3n) is 6.23. The van der Waals surface area contributed by atoms with E-state index < -0.39 is 34.1 Å². The lowest BCUT2D eigenvalue weighted by atomic mass is 10.1. The largest absolute Gasteiger partial charge is 0.350 e. The lowest BCUT2D eigenvalue weighted by Crippen LogP contribution is -2.55. The number of anilines is 1. The molecule has 0 aromatic heterocycles. The first-order valence-electron chi connectivity index (χ1n) is 13.0. The lowest BCUT2D eigenvalue weighted by Gasteiger charge is -2.34. The van der Waals surface area contributed by atoms with E-state index in [9.17, 15) is 18.0 Å². The molecule has 0 spiro atoms. The Balaban J connectivity index is 2.09. The molecule has 3 rings (SSSR count). The highest BCUT2D eigenvalue weighted by Crippen LogP contribution is 2.31. The van der Waals surface area contributed by atoms with E-state index in [0.717, 1.165) is 15.4 Å². The van der Waals surface area contributed by atoms with Gasteiger partial charge in [-0.25, -0.2) is 8.42 Å². The Morgan fingerprint density at radius 2 is 1.51 bits per heavy atom. The fraction of sp³-hybridized carbons (Fsp3) is 0.333. The van der Waals surface area contributed by atoms with Crippen LogP contribution in [0.15, 0.2) is 71.6 Å². The molecule has 0 fully saturated rings. The SMILES string of the molecule is CC[C@@H](C(=O)NC(C)(C)C)N(Cc1ccc(Cl)cc1)C(=O)CN(c1ccc(Cl)c(Cl)c1)S(=O)(=O)c1ccc(C)cc1. The van der Waals surface area contributed by atoms with Crippen LogP contribution in [0.25, 0.3) is 0 Å². The van der Waals surface area contributed by atoms with Crippen molar-refractivity contribution in [1.82, 2.24) is 10.2 Å². The Hall–Kier alpha value is -2.78. The standard InChI is InChI=1S/C30H34Cl3N3O4S/c1-6-27(29(38)34-30(3,4)5)35(18-21-9-11-22(31)12-10-21)28(37)19-36(23-13-16-25(32)26(33)17-23)41(39,40)24-14-7-20(2)8-15-24/h7-17,27H,6,18-19H2,1-5H3,(H,34,38)/t27-/m0/s1. The van der Waals surface area contributed by atoms with Crippen LogP contribution in [0.2, 0.25) is 15.1 Å². The van der Waals surface area contributed by atoms with Crippen molar-refractivity contribution in [1.29, 1.82) is 0 Å². The fourth-order valence-corrected chi connectivity index (χ4v) is 5.99. The zero-order valence-corrected chi connectivity index (χ0v) is 26.7. The Labute approximate surface area is 257 Å². The monoisotopic (exact) mass is 637 g/mol. The van der Waals surface area contributed by atoms with Crippen molar-refractivity contribution in [2.75, 3.05) is 10.8 Å². The number of nitrogens with one attached hydrogen (secondary N) is 1. The maximum absolute atomic E-state index is 14.1. The second kappa shape index (κ2) is 13.5. The van der Waals surface area contributed by atoms with Gasteiger partial charge in [-0.15, -0.1) is 0 Å². The van der Waals surface area contributed by atoms with Crippen molar-refractivity contribution < 1.29 is 18.0 Å². The van der Waals surface area contributed by atoms with E-state index in [1.165, 1.54) is 35.2 Å². The van der Waals surface area contributed by atoms with Crippen molar-refractivity contribution in [2.24, 2.45) is 0 Å². The summed E-state index contributed by atoms with van der Waals surface area (Å²) in [4.78, 5) is 28.9. The number of amides is 2. The summed E-state index contributed by atoms with van der Waals surface area (Å²) in [6.45, 7) is 8.68. The minimum Gasteiger partial charge on any atom is -0.350 e. The van der Waals surface area contributed by atoms with E-state index in [0.29, 0.717) is 11.4 Å². The smallest absolute Gasteiger partial charge is 0.264 e. The second-order valence-electron chi connectivity index (χ2n) is 10.7. The van der Waals surface area contributed by atoms with Crippen LogP contribution in [-0.4, -0.2) is 43.3 Å². The molecule has 11 heteroatoms. The number of carbonyl (C=O) groups excluding carboxylic acids is 2. The van der Waals surface area contributed by atoms with Crippen LogP contribution in [-0.2, 0) is 26.2 Å². The van der Waals surface area contributed by atoms with Crippen LogP contribution < -0.4 is 9.62 Å². The minimum absolute atomic E-state index is 0.00346. The van der Waals surface area contributed by atoms with Crippen molar-refractivity contribution in [3.63, 3.8) is 0 Å². The number of sulfonamides is 1. The van der Waals surface area contributed by atoms with Gasteiger partial charge in [0.05, 0.1) is 20.6 Å². The van der Waals surface area contributed by atoms with Crippen LogP contribution in [0.1, 0.15) is 45.2 Å². The molecule has 1 N–H and O–H groups in total. The van der Waals surface area contributed by atoms with E-state index in [1.54, 1.807) is 43.3 Å². The summed E-state index contributed by atoms with van der Waals surface area (Å²) in [5, 5.41) is 3.84. The van der Waals surface area contributed by atoms with Gasteiger partial charge < -0.3 is 10.2 Å². The van der Waals surface area contributed by atoms with E-state index >= 15 is 0 Å². The average molecular weight is 639 g/mol. The van der Waals surface area contributed by atoms with Gasteiger partial charge in [0.25, 0.3) is 10.0 Å². The van der Waals surface area contributed by atoms with Crippen LogP contribution in [0.4, 0.5) is 5.69 Å². The van der Waals surface area contributed by atoms with Crippen molar-refractivity contribution in [3.8, 4) is 0 Å². The molecular weight excluding hydrogens is 605 g/mol. The van der Waals surface area contributed by atoms with E-state index in [4.69, 9.17) is 34.8 Å². The molecule has 3 aromatic rings. The van der Waals surface area contributed by atoms with E-state index in [2.05, 4.69) is 5.32 Å². The molecule has 220 valence electrons. The number of rotatable bonds is 10. The van der Waals surface area contributed by atoms with Crippen molar-refractivity contribution in [2.45, 2.75) is 64.1 Å². The molecule has 0 unspecified atom stereocenters. The number of aryl methyl sites for hydroxylation is 1. The summed E-state index contributed by atoms with van der Waals surface area (Å²) < 4.78 is 28.9. The van der Waals surface area contributed by atoms with Crippen LogP contribution in [0, 0.1) is 6.92 Å². The molecule has 0 aliphatic rings. The number of nitrogens with zero attached hydrogens (tertiary/aromatic N) is 2. The summed E-state index contributed by atoms with van der Waals surface area (Å²) in [7, 11) is -4.22. The third-order valence-corrected chi connectivity index (χ3v) is 9.01. The normalized spacial score (nSPS) is 12.5. The van der Waals surface area contributed by atoms with E-state index in [1.807, 2.05) is 27.7 Å². The van der Waals surface area contributed by atoms with Gasteiger partial charge in [-0.3, -0.25) is 13.9 Å². The summed E-state index contributed by atoms with van der Waals surface area (Å²) in [5.41, 5.74) is 1.23. The predicted molar refractivity (Wildman–Crippen MR) is 166 cm³/mol. The first-order chi connectivity index (χ1) is 19.1. The predicted octanol–water partition coefficient (Wildman–Crippen LogP) is 6.87. The number of hydrogen-bond acceptors (Lipinski definition) is 4. The topological polar surface area (TPSA) is 86.8 Å². The van der Waals surface area contributed by atoms with Crippen molar-refractivity contribution in [3.05, 3.63) is 92.9 Å². The van der Waals surface area contributed by atoms with Gasteiger partial charge in [0.2, 0.25) is 11.8 Å². The van der Waals surface area contributed by atoms with E-state index in [-0.39, 0.29) is 33.1 Å². The quantitative estimate of drug-likeness (QED) is 0.263. The number of halogens is 3. The number of carbonyl (C=O) groups is 2. The van der Waals surface area contributed by atoms with Gasteiger partial charge in [-0.1, -0.05) is 71.6 Å².